The quantitative estimate of drug-likeness (QED) is 0.543. The number of nitro groups is 1. The van der Waals surface area contributed by atoms with Gasteiger partial charge in [0, 0.05) is 6.07 Å². The average molecular weight is 269 g/mol. The predicted octanol–water partition coefficient (Wildman–Crippen LogP) is 1.08. The Hall–Kier alpha value is -1.99. The van der Waals surface area contributed by atoms with Crippen LogP contribution in [0.3, 0.4) is 0 Å². The molecule has 0 aromatic heterocycles. The first-order valence-electron chi connectivity index (χ1n) is 5.57. The van der Waals surface area contributed by atoms with Crippen LogP contribution in [0.2, 0.25) is 0 Å². The Morgan fingerprint density at radius 3 is 2.42 bits per heavy atom. The highest BCUT2D eigenvalue weighted by atomic mass is 16.6. The maximum Gasteiger partial charge on any atom is 0.306 e. The van der Waals surface area contributed by atoms with Gasteiger partial charge in [-0.2, -0.15) is 0 Å². The molecule has 19 heavy (non-hydrogen) atoms. The van der Waals surface area contributed by atoms with Crippen LogP contribution in [-0.4, -0.2) is 32.3 Å². The fourth-order valence-electron chi connectivity index (χ4n) is 1.98. The molecule has 104 valence electrons. The van der Waals surface area contributed by atoms with Gasteiger partial charge in [0.2, 0.25) is 0 Å². The van der Waals surface area contributed by atoms with Crippen molar-refractivity contribution in [1.82, 2.24) is 0 Å². The van der Waals surface area contributed by atoms with Crippen molar-refractivity contribution in [3.8, 4) is 0 Å². The zero-order chi connectivity index (χ0) is 14.7. The first-order valence-corrected chi connectivity index (χ1v) is 5.57. The fourth-order valence-corrected chi connectivity index (χ4v) is 1.98. The van der Waals surface area contributed by atoms with Gasteiger partial charge in [0.15, 0.2) is 0 Å². The van der Waals surface area contributed by atoms with Crippen molar-refractivity contribution < 1.29 is 25.0 Å². The van der Waals surface area contributed by atoms with Gasteiger partial charge in [0.05, 0.1) is 23.0 Å². The van der Waals surface area contributed by atoms with Crippen molar-refractivity contribution in [3.63, 3.8) is 0 Å². The highest BCUT2D eigenvalue weighted by molar-refractivity contribution is 5.67. The molecule has 7 nitrogen and oxygen atoms in total. The Morgan fingerprint density at radius 1 is 1.37 bits per heavy atom. The van der Waals surface area contributed by atoms with E-state index in [-0.39, 0.29) is 11.3 Å². The summed E-state index contributed by atoms with van der Waals surface area (Å²) in [7, 11) is 0. The third-order valence-electron chi connectivity index (χ3n) is 2.75. The summed E-state index contributed by atoms with van der Waals surface area (Å²) in [5, 5.41) is 39.0. The number of rotatable bonds is 5. The predicted molar refractivity (Wildman–Crippen MR) is 65.8 cm³/mol. The summed E-state index contributed by atoms with van der Waals surface area (Å²) < 4.78 is 0. The van der Waals surface area contributed by atoms with Crippen LogP contribution in [0.25, 0.3) is 0 Å². The molecule has 2 atom stereocenters. The molecule has 0 fully saturated rings. The molecule has 0 bridgehead atoms. The summed E-state index contributed by atoms with van der Waals surface area (Å²) in [6.45, 7) is 3.23. The summed E-state index contributed by atoms with van der Waals surface area (Å²) in [4.78, 5) is 20.8. The standard InChI is InChI=1S/C12H15NO6/c1-6-3-7(2)11(8(4-6)13(18)19)12(17)9(14)5-10(15)16/h3-4,9,12,14,17H,5H2,1-2H3,(H,15,16). The number of carboxylic acid groups (broad SMARTS) is 1. The third-order valence-corrected chi connectivity index (χ3v) is 2.75. The van der Waals surface area contributed by atoms with Crippen LogP contribution in [0.4, 0.5) is 5.69 Å². The number of aryl methyl sites for hydroxylation is 2. The minimum atomic E-state index is -1.61. The van der Waals surface area contributed by atoms with Crippen molar-refractivity contribution >= 4 is 11.7 Å². The van der Waals surface area contributed by atoms with E-state index >= 15 is 0 Å². The number of aliphatic carboxylic acids is 1. The monoisotopic (exact) mass is 269 g/mol. The van der Waals surface area contributed by atoms with Crippen LogP contribution in [0, 0.1) is 24.0 Å². The van der Waals surface area contributed by atoms with E-state index in [0.29, 0.717) is 11.1 Å². The maximum absolute atomic E-state index is 11.0. The van der Waals surface area contributed by atoms with Crippen molar-refractivity contribution in [2.45, 2.75) is 32.5 Å². The minimum absolute atomic E-state index is 0.0515. The summed E-state index contributed by atoms with van der Waals surface area (Å²) >= 11 is 0. The molecule has 0 heterocycles. The molecule has 0 aliphatic carbocycles. The molecule has 2 unspecified atom stereocenters. The van der Waals surface area contributed by atoms with Crippen LogP contribution in [0.15, 0.2) is 12.1 Å². The number of carboxylic acids is 1. The number of hydrogen-bond acceptors (Lipinski definition) is 5. The summed E-state index contributed by atoms with van der Waals surface area (Å²) in [6.07, 6.45) is -3.90. The number of hydrogen-bond donors (Lipinski definition) is 3. The lowest BCUT2D eigenvalue weighted by Gasteiger charge is -2.18. The molecule has 0 amide bonds. The molecule has 0 radical (unpaired) electrons. The largest absolute Gasteiger partial charge is 0.481 e. The van der Waals surface area contributed by atoms with Crippen molar-refractivity contribution in [2.24, 2.45) is 0 Å². The van der Waals surface area contributed by atoms with Gasteiger partial charge in [0.25, 0.3) is 5.69 Å². The van der Waals surface area contributed by atoms with E-state index in [4.69, 9.17) is 5.11 Å². The lowest BCUT2D eigenvalue weighted by Crippen LogP contribution is -2.23. The lowest BCUT2D eigenvalue weighted by atomic mass is 9.94. The Bertz CT molecular complexity index is 513. The van der Waals surface area contributed by atoms with Gasteiger partial charge in [-0.3, -0.25) is 14.9 Å². The molecule has 1 aromatic carbocycles. The summed E-state index contributed by atoms with van der Waals surface area (Å²) in [5.41, 5.74) is 0.704. The number of aliphatic hydroxyl groups is 2. The van der Waals surface area contributed by atoms with E-state index in [0.717, 1.165) is 0 Å². The van der Waals surface area contributed by atoms with Gasteiger partial charge >= 0.3 is 5.97 Å². The molecule has 0 saturated heterocycles. The van der Waals surface area contributed by atoms with E-state index in [2.05, 4.69) is 0 Å². The second-order valence-corrected chi connectivity index (χ2v) is 4.38. The highest BCUT2D eigenvalue weighted by Crippen LogP contribution is 2.32. The number of nitrogens with zero attached hydrogens (tertiary/aromatic N) is 1. The lowest BCUT2D eigenvalue weighted by molar-refractivity contribution is -0.386. The third kappa shape index (κ3) is 3.49. The second-order valence-electron chi connectivity index (χ2n) is 4.38. The topological polar surface area (TPSA) is 121 Å². The van der Waals surface area contributed by atoms with E-state index in [1.807, 2.05) is 0 Å². The number of aliphatic hydroxyl groups excluding tert-OH is 2. The zero-order valence-corrected chi connectivity index (χ0v) is 10.5. The smallest absolute Gasteiger partial charge is 0.306 e. The average Bonchev–Trinajstić information content (AvgIpc) is 2.25. The molecule has 3 N–H and O–H groups in total. The molecule has 7 heteroatoms. The van der Waals surface area contributed by atoms with Gasteiger partial charge in [-0.05, 0) is 25.0 Å². The van der Waals surface area contributed by atoms with E-state index in [1.165, 1.54) is 6.07 Å². The fraction of sp³-hybridized carbons (Fsp3) is 0.417. The SMILES string of the molecule is Cc1cc(C)c(C(O)C(O)CC(=O)O)c([N+](=O)[O-])c1. The number of carbonyl (C=O) groups is 1. The normalized spacial score (nSPS) is 13.9. The molecular formula is C12H15NO6. The first-order chi connectivity index (χ1) is 8.73. The van der Waals surface area contributed by atoms with E-state index < -0.39 is 29.5 Å². The van der Waals surface area contributed by atoms with E-state index in [9.17, 15) is 25.1 Å². The Morgan fingerprint density at radius 2 is 1.95 bits per heavy atom. The second kappa shape index (κ2) is 5.77. The highest BCUT2D eigenvalue weighted by Gasteiger charge is 2.29. The van der Waals surface area contributed by atoms with Crippen LogP contribution >= 0.6 is 0 Å². The van der Waals surface area contributed by atoms with Gasteiger partial charge < -0.3 is 15.3 Å². The maximum atomic E-state index is 11.0. The Labute approximate surface area is 109 Å². The summed E-state index contributed by atoms with van der Waals surface area (Å²) in [5.74, 6) is -1.29. The van der Waals surface area contributed by atoms with Gasteiger partial charge in [-0.15, -0.1) is 0 Å². The molecule has 0 spiro atoms. The number of nitro benzene ring substituents is 1. The Kier molecular flexibility index (Phi) is 4.57. The zero-order valence-electron chi connectivity index (χ0n) is 10.5. The minimum Gasteiger partial charge on any atom is -0.481 e. The number of benzene rings is 1. The van der Waals surface area contributed by atoms with E-state index in [1.54, 1.807) is 19.9 Å². The molecular weight excluding hydrogens is 254 g/mol. The summed E-state index contributed by atoms with van der Waals surface area (Å²) in [6, 6.07) is 2.90. The molecule has 1 rings (SSSR count). The van der Waals surface area contributed by atoms with Crippen LogP contribution in [-0.2, 0) is 4.79 Å². The molecule has 0 aliphatic heterocycles. The Balaban J connectivity index is 3.25. The molecule has 0 saturated carbocycles. The van der Waals surface area contributed by atoms with Crippen molar-refractivity contribution in [1.29, 1.82) is 0 Å². The van der Waals surface area contributed by atoms with Crippen LogP contribution < -0.4 is 0 Å². The van der Waals surface area contributed by atoms with Gasteiger partial charge in [0.1, 0.15) is 6.10 Å². The molecule has 0 aliphatic rings. The van der Waals surface area contributed by atoms with Gasteiger partial charge in [-0.25, -0.2) is 0 Å². The van der Waals surface area contributed by atoms with Gasteiger partial charge in [-0.1, -0.05) is 6.07 Å². The van der Waals surface area contributed by atoms with Crippen LogP contribution in [0.1, 0.15) is 29.2 Å². The van der Waals surface area contributed by atoms with Crippen molar-refractivity contribution in [3.05, 3.63) is 38.9 Å². The van der Waals surface area contributed by atoms with Crippen molar-refractivity contribution in [2.75, 3.05) is 0 Å². The van der Waals surface area contributed by atoms with Crippen LogP contribution in [0.5, 0.6) is 0 Å². The molecule has 1 aromatic rings. The first kappa shape index (κ1) is 15.1.